The molecular weight excluding hydrogens is 572 g/mol. The van der Waals surface area contributed by atoms with Crippen LogP contribution < -0.4 is 21.3 Å². The number of hydrogen-bond acceptors (Lipinski definition) is 10. The number of nitrogens with zero attached hydrogens (tertiary/aromatic N) is 2. The molecule has 1 saturated carbocycles. The molecule has 2 bridgehead atoms. The van der Waals surface area contributed by atoms with Crippen molar-refractivity contribution < 1.29 is 33.5 Å². The van der Waals surface area contributed by atoms with Gasteiger partial charge >= 0.3 is 5.97 Å². The molecule has 1 spiro atoms. The molecule has 226 valence electrons. The Morgan fingerprint density at radius 1 is 1.05 bits per heavy atom. The predicted molar refractivity (Wildman–Crippen MR) is 153 cm³/mol. The highest BCUT2D eigenvalue weighted by atomic mass is 33.1. The molecule has 15 heteroatoms. The van der Waals surface area contributed by atoms with Gasteiger partial charge in [0.15, 0.2) is 0 Å². The number of amides is 5. The van der Waals surface area contributed by atoms with E-state index in [4.69, 9.17) is 4.74 Å². The molecule has 0 aromatic heterocycles. The standard InChI is InChI=1S/C26H38N6O7S2/c1-31-9-11-32(12-10-31)21(34)6-5-18-23(36)29-19-16-41-40-13-3-2-4-17(14-20(33)28-18)39-22(35)15-27-25(38)26(7-8-26)30-24(19)37/h2,4,17-19H,3,5-16H2,1H3,(H,27,38)(H,28,33)(H,29,36)(H,30,37)/b4-2+/t17-,18+,19-/m0/s1. The molecule has 3 heterocycles. The Morgan fingerprint density at radius 3 is 2.54 bits per heavy atom. The van der Waals surface area contributed by atoms with Crippen molar-refractivity contribution in [3.05, 3.63) is 12.2 Å². The molecule has 0 aromatic rings. The van der Waals surface area contributed by atoms with Gasteiger partial charge in [-0.15, -0.1) is 0 Å². The molecule has 1 aliphatic carbocycles. The van der Waals surface area contributed by atoms with E-state index in [-0.39, 0.29) is 30.9 Å². The van der Waals surface area contributed by atoms with Crippen molar-refractivity contribution in [1.29, 1.82) is 0 Å². The van der Waals surface area contributed by atoms with Crippen LogP contribution in [0, 0.1) is 0 Å². The van der Waals surface area contributed by atoms with Crippen LogP contribution in [0.5, 0.6) is 0 Å². The average Bonchev–Trinajstić information content (AvgIpc) is 3.72. The fraction of sp³-hybridized carbons (Fsp3) is 0.692. The van der Waals surface area contributed by atoms with E-state index in [1.807, 2.05) is 13.1 Å². The van der Waals surface area contributed by atoms with E-state index in [1.165, 1.54) is 21.6 Å². The van der Waals surface area contributed by atoms with Crippen molar-refractivity contribution in [2.24, 2.45) is 0 Å². The zero-order chi connectivity index (χ0) is 29.4. The molecule has 4 rings (SSSR count). The molecule has 41 heavy (non-hydrogen) atoms. The van der Waals surface area contributed by atoms with E-state index >= 15 is 0 Å². The molecule has 5 amide bonds. The van der Waals surface area contributed by atoms with Gasteiger partial charge in [-0.1, -0.05) is 27.7 Å². The average molecular weight is 611 g/mol. The first-order chi connectivity index (χ1) is 19.6. The third kappa shape index (κ3) is 9.10. The van der Waals surface area contributed by atoms with Gasteiger partial charge in [0.25, 0.3) is 0 Å². The van der Waals surface area contributed by atoms with Crippen LogP contribution in [0.2, 0.25) is 0 Å². The second-order valence-corrected chi connectivity index (χ2v) is 13.3. The largest absolute Gasteiger partial charge is 0.456 e. The van der Waals surface area contributed by atoms with Crippen molar-refractivity contribution in [2.75, 3.05) is 51.3 Å². The van der Waals surface area contributed by atoms with Gasteiger partial charge in [-0.25, -0.2) is 0 Å². The number of likely N-dealkylation sites (N-methyl/N-ethyl adjacent to an activating group) is 1. The maximum absolute atomic E-state index is 13.5. The van der Waals surface area contributed by atoms with Gasteiger partial charge in [-0.2, -0.15) is 0 Å². The summed E-state index contributed by atoms with van der Waals surface area (Å²) in [5, 5.41) is 10.7. The molecule has 3 fully saturated rings. The maximum Gasteiger partial charge on any atom is 0.326 e. The van der Waals surface area contributed by atoms with E-state index < -0.39 is 59.9 Å². The zero-order valence-corrected chi connectivity index (χ0v) is 24.8. The second kappa shape index (κ2) is 14.4. The Kier molecular flexibility index (Phi) is 10.9. The maximum atomic E-state index is 13.5. The molecule has 13 nitrogen and oxygen atoms in total. The summed E-state index contributed by atoms with van der Waals surface area (Å²) in [7, 11) is 4.92. The molecule has 0 unspecified atom stereocenters. The Morgan fingerprint density at radius 2 is 1.80 bits per heavy atom. The second-order valence-electron chi connectivity index (χ2n) is 10.7. The minimum absolute atomic E-state index is 0.0329. The number of piperazine rings is 1. The lowest BCUT2D eigenvalue weighted by Crippen LogP contribution is -2.59. The van der Waals surface area contributed by atoms with Gasteiger partial charge < -0.3 is 35.8 Å². The summed E-state index contributed by atoms with van der Waals surface area (Å²) in [5.74, 6) is -2.10. The van der Waals surface area contributed by atoms with Crippen LogP contribution in [-0.4, -0.2) is 120 Å². The highest BCUT2D eigenvalue weighted by Gasteiger charge is 2.52. The third-order valence-electron chi connectivity index (χ3n) is 7.43. The van der Waals surface area contributed by atoms with Crippen LogP contribution in [0.3, 0.4) is 0 Å². The van der Waals surface area contributed by atoms with Gasteiger partial charge in [0.05, 0.1) is 6.42 Å². The summed E-state index contributed by atoms with van der Waals surface area (Å²) in [6.07, 6.45) is 3.79. The first-order valence-electron chi connectivity index (χ1n) is 13.9. The van der Waals surface area contributed by atoms with E-state index in [0.29, 0.717) is 38.1 Å². The van der Waals surface area contributed by atoms with Crippen molar-refractivity contribution in [2.45, 2.75) is 62.3 Å². The number of ether oxygens (including phenoxy) is 1. The topological polar surface area (TPSA) is 166 Å². The van der Waals surface area contributed by atoms with Crippen LogP contribution >= 0.6 is 21.6 Å². The van der Waals surface area contributed by atoms with Gasteiger partial charge in [0.1, 0.15) is 30.3 Å². The predicted octanol–water partition coefficient (Wildman–Crippen LogP) is -1.07. The lowest BCUT2D eigenvalue weighted by atomic mass is 10.1. The van der Waals surface area contributed by atoms with Gasteiger partial charge in [0.2, 0.25) is 29.5 Å². The quantitative estimate of drug-likeness (QED) is 0.176. The normalized spacial score (nSPS) is 29.3. The number of allylic oxidation sites excluding steroid dienone is 1. The third-order valence-corrected chi connectivity index (χ3v) is 9.88. The zero-order valence-electron chi connectivity index (χ0n) is 23.1. The monoisotopic (exact) mass is 610 g/mol. The molecular formula is C26H38N6O7S2. The van der Waals surface area contributed by atoms with Gasteiger partial charge in [0, 0.05) is 44.1 Å². The Hall–Kier alpha value is -2.78. The van der Waals surface area contributed by atoms with Crippen molar-refractivity contribution in [3.63, 3.8) is 0 Å². The molecule has 4 N–H and O–H groups in total. The number of carbonyl (C=O) groups excluding carboxylic acids is 6. The molecule has 3 atom stereocenters. The summed E-state index contributed by atoms with van der Waals surface area (Å²) < 4.78 is 5.48. The molecule has 0 radical (unpaired) electrons. The number of carbonyl (C=O) groups is 6. The van der Waals surface area contributed by atoms with Gasteiger partial charge in [-0.05, 0) is 38.8 Å². The van der Waals surface area contributed by atoms with E-state index in [9.17, 15) is 28.8 Å². The number of esters is 1. The van der Waals surface area contributed by atoms with Crippen molar-refractivity contribution >= 4 is 57.1 Å². The number of fused-ring (bicyclic) bond motifs is 7. The van der Waals surface area contributed by atoms with Crippen LogP contribution in [0.15, 0.2) is 12.2 Å². The molecule has 3 aliphatic heterocycles. The minimum atomic E-state index is -1.15. The highest BCUT2D eigenvalue weighted by molar-refractivity contribution is 8.76. The molecule has 2 saturated heterocycles. The number of nitrogens with one attached hydrogen (secondary N) is 4. The molecule has 4 aliphatic rings. The lowest BCUT2D eigenvalue weighted by molar-refractivity contribution is -0.148. The fourth-order valence-corrected chi connectivity index (χ4v) is 6.88. The number of hydrogen-bond donors (Lipinski definition) is 4. The Labute approximate surface area is 247 Å². The lowest BCUT2D eigenvalue weighted by Gasteiger charge is -2.32. The highest BCUT2D eigenvalue weighted by Crippen LogP contribution is 2.36. The van der Waals surface area contributed by atoms with Crippen LogP contribution in [0.25, 0.3) is 0 Å². The Bertz CT molecular complexity index is 1060. The summed E-state index contributed by atoms with van der Waals surface area (Å²) in [4.78, 5) is 82.1. The van der Waals surface area contributed by atoms with Crippen LogP contribution in [0.1, 0.15) is 38.5 Å². The first kappa shape index (κ1) is 31.2. The smallest absolute Gasteiger partial charge is 0.326 e. The Balaban J connectivity index is 1.56. The van der Waals surface area contributed by atoms with Crippen LogP contribution in [-0.2, 0) is 33.5 Å². The fourth-order valence-electron chi connectivity index (χ4n) is 4.72. The number of rotatable bonds is 3. The summed E-state index contributed by atoms with van der Waals surface area (Å²) in [5.41, 5.74) is -1.15. The van der Waals surface area contributed by atoms with Crippen LogP contribution in [0.4, 0.5) is 0 Å². The van der Waals surface area contributed by atoms with E-state index in [1.54, 1.807) is 11.0 Å². The SMILES string of the molecule is CN1CCN(C(=O)CC[C@H]2NC(=O)C[C@@H]3/C=C/CCSSC[C@H](NC2=O)C(=O)NC2(CC2)C(=O)NCC(=O)O3)CC1. The molecule has 0 aromatic carbocycles. The van der Waals surface area contributed by atoms with Crippen molar-refractivity contribution in [3.8, 4) is 0 Å². The van der Waals surface area contributed by atoms with E-state index in [2.05, 4.69) is 26.2 Å². The summed E-state index contributed by atoms with van der Waals surface area (Å²) in [6.45, 7) is 2.28. The summed E-state index contributed by atoms with van der Waals surface area (Å²) in [6, 6.07) is -2.08. The minimum Gasteiger partial charge on any atom is -0.456 e. The van der Waals surface area contributed by atoms with E-state index in [0.717, 1.165) is 13.1 Å². The first-order valence-corrected chi connectivity index (χ1v) is 16.4. The van der Waals surface area contributed by atoms with Gasteiger partial charge in [-0.3, -0.25) is 28.8 Å². The van der Waals surface area contributed by atoms with Crippen molar-refractivity contribution in [1.82, 2.24) is 31.1 Å². The summed E-state index contributed by atoms with van der Waals surface area (Å²) >= 11 is 0.